The van der Waals surface area contributed by atoms with Crippen LogP contribution < -0.4 is 10.1 Å². The number of benzene rings is 1. The van der Waals surface area contributed by atoms with E-state index in [2.05, 4.69) is 46.4 Å². The van der Waals surface area contributed by atoms with E-state index < -0.39 is 0 Å². The number of fused-ring (bicyclic) bond motifs is 1. The van der Waals surface area contributed by atoms with Gasteiger partial charge in [-0.25, -0.2) is 0 Å². The second-order valence-electron chi connectivity index (χ2n) is 6.35. The maximum Gasteiger partial charge on any atom is 0.125 e. The molecular formula is C17H24BrNO. The predicted octanol–water partition coefficient (Wildman–Crippen LogP) is 4.83. The smallest absolute Gasteiger partial charge is 0.125 e. The Bertz CT molecular complexity index is 454. The average Bonchev–Trinajstić information content (AvgIpc) is 2.63. The first-order chi connectivity index (χ1) is 9.72. The molecule has 1 aliphatic carbocycles. The van der Waals surface area contributed by atoms with Gasteiger partial charge < -0.3 is 10.1 Å². The largest absolute Gasteiger partial charge is 0.493 e. The normalized spacial score (nSPS) is 30.2. The van der Waals surface area contributed by atoms with Crippen LogP contribution in [0.1, 0.15) is 57.1 Å². The topological polar surface area (TPSA) is 21.3 Å². The summed E-state index contributed by atoms with van der Waals surface area (Å²) in [6.45, 7) is 3.21. The monoisotopic (exact) mass is 337 g/mol. The lowest BCUT2D eigenvalue weighted by Crippen LogP contribution is -2.35. The number of halogens is 1. The van der Waals surface area contributed by atoms with Gasteiger partial charge in [-0.15, -0.1) is 0 Å². The van der Waals surface area contributed by atoms with E-state index in [1.165, 1.54) is 37.7 Å². The number of rotatable bonds is 2. The van der Waals surface area contributed by atoms with E-state index in [9.17, 15) is 0 Å². The molecule has 1 aliphatic heterocycles. The molecule has 2 aliphatic rings. The van der Waals surface area contributed by atoms with Crippen LogP contribution in [0.5, 0.6) is 5.75 Å². The molecule has 0 spiro atoms. The zero-order valence-corrected chi connectivity index (χ0v) is 13.8. The second kappa shape index (κ2) is 6.48. The van der Waals surface area contributed by atoms with Gasteiger partial charge in [0.2, 0.25) is 0 Å². The zero-order chi connectivity index (χ0) is 13.9. The molecule has 0 radical (unpaired) electrons. The van der Waals surface area contributed by atoms with E-state index in [0.717, 1.165) is 29.2 Å². The molecule has 1 atom stereocenters. The Hall–Kier alpha value is -0.540. The minimum Gasteiger partial charge on any atom is -0.493 e. The van der Waals surface area contributed by atoms with Crippen molar-refractivity contribution in [3.05, 3.63) is 28.2 Å². The third-order valence-corrected chi connectivity index (χ3v) is 5.19. The van der Waals surface area contributed by atoms with E-state index in [0.29, 0.717) is 12.1 Å². The molecule has 1 aromatic rings. The molecule has 0 amide bonds. The van der Waals surface area contributed by atoms with Crippen LogP contribution in [0.25, 0.3) is 0 Å². The van der Waals surface area contributed by atoms with Gasteiger partial charge in [0.1, 0.15) is 5.75 Å². The number of ether oxygens (including phenoxy) is 1. The molecule has 1 saturated carbocycles. The van der Waals surface area contributed by atoms with Crippen molar-refractivity contribution in [2.45, 2.75) is 57.5 Å². The molecule has 1 aromatic carbocycles. The average molecular weight is 338 g/mol. The fourth-order valence-electron chi connectivity index (χ4n) is 3.43. The van der Waals surface area contributed by atoms with Gasteiger partial charge in [-0.1, -0.05) is 28.9 Å². The Morgan fingerprint density at radius 3 is 2.75 bits per heavy atom. The van der Waals surface area contributed by atoms with Crippen LogP contribution in [-0.4, -0.2) is 12.6 Å². The summed E-state index contributed by atoms with van der Waals surface area (Å²) in [5.41, 5.74) is 1.34. The molecule has 1 heterocycles. The van der Waals surface area contributed by atoms with E-state index in [1.54, 1.807) is 0 Å². The highest BCUT2D eigenvalue weighted by atomic mass is 79.9. The predicted molar refractivity (Wildman–Crippen MR) is 86.2 cm³/mol. The third kappa shape index (κ3) is 3.37. The molecule has 1 N–H and O–H groups in total. The van der Waals surface area contributed by atoms with Crippen molar-refractivity contribution in [1.29, 1.82) is 0 Å². The van der Waals surface area contributed by atoms with Crippen molar-refractivity contribution in [2.75, 3.05) is 6.61 Å². The van der Waals surface area contributed by atoms with Gasteiger partial charge in [0, 0.05) is 22.1 Å². The van der Waals surface area contributed by atoms with Crippen LogP contribution in [-0.2, 0) is 0 Å². The molecule has 0 aromatic heterocycles. The minimum absolute atomic E-state index is 0.457. The summed E-state index contributed by atoms with van der Waals surface area (Å²) in [4.78, 5) is 0. The van der Waals surface area contributed by atoms with Gasteiger partial charge in [-0.05, 0) is 56.6 Å². The SMILES string of the molecule is CC1CCC(NC2CCCOc3cc(Br)ccc32)CC1. The lowest BCUT2D eigenvalue weighted by Gasteiger charge is -2.31. The molecule has 110 valence electrons. The van der Waals surface area contributed by atoms with Gasteiger partial charge in [0.25, 0.3) is 0 Å². The molecule has 3 rings (SSSR count). The van der Waals surface area contributed by atoms with Gasteiger partial charge in [0.05, 0.1) is 6.61 Å². The zero-order valence-electron chi connectivity index (χ0n) is 12.2. The second-order valence-corrected chi connectivity index (χ2v) is 7.26. The highest BCUT2D eigenvalue weighted by Gasteiger charge is 2.25. The van der Waals surface area contributed by atoms with Crippen LogP contribution in [0.4, 0.5) is 0 Å². The molecule has 20 heavy (non-hydrogen) atoms. The standard InChI is InChI=1S/C17H24BrNO/c1-12-4-7-14(8-5-12)19-16-3-2-10-20-17-11-13(18)6-9-15(16)17/h6,9,11-12,14,16,19H,2-5,7-8,10H2,1H3. The summed E-state index contributed by atoms with van der Waals surface area (Å²) in [6.07, 6.45) is 7.70. The Kier molecular flexibility index (Phi) is 4.67. The van der Waals surface area contributed by atoms with Crippen LogP contribution in [0, 0.1) is 5.92 Å². The van der Waals surface area contributed by atoms with Gasteiger partial charge in [-0.3, -0.25) is 0 Å². The Morgan fingerprint density at radius 1 is 1.15 bits per heavy atom. The van der Waals surface area contributed by atoms with Gasteiger partial charge >= 0.3 is 0 Å². The fourth-order valence-corrected chi connectivity index (χ4v) is 3.77. The van der Waals surface area contributed by atoms with Crippen molar-refractivity contribution in [3.8, 4) is 5.75 Å². The molecule has 3 heteroatoms. The number of nitrogens with one attached hydrogen (secondary N) is 1. The third-order valence-electron chi connectivity index (χ3n) is 4.70. The summed E-state index contributed by atoms with van der Waals surface area (Å²) in [5, 5.41) is 3.90. The van der Waals surface area contributed by atoms with Gasteiger partial charge in [-0.2, -0.15) is 0 Å². The Balaban J connectivity index is 1.73. The molecule has 1 fully saturated rings. The molecular weight excluding hydrogens is 314 g/mol. The number of hydrogen-bond donors (Lipinski definition) is 1. The van der Waals surface area contributed by atoms with Crippen LogP contribution in [0.15, 0.2) is 22.7 Å². The first kappa shape index (κ1) is 14.4. The molecule has 0 bridgehead atoms. The quantitative estimate of drug-likeness (QED) is 0.834. The maximum atomic E-state index is 5.90. The number of hydrogen-bond acceptors (Lipinski definition) is 2. The van der Waals surface area contributed by atoms with E-state index in [-0.39, 0.29) is 0 Å². The fraction of sp³-hybridized carbons (Fsp3) is 0.647. The van der Waals surface area contributed by atoms with Gasteiger partial charge in [0.15, 0.2) is 0 Å². The van der Waals surface area contributed by atoms with Crippen molar-refractivity contribution in [3.63, 3.8) is 0 Å². The molecule has 2 nitrogen and oxygen atoms in total. The highest BCUT2D eigenvalue weighted by Crippen LogP contribution is 2.35. The van der Waals surface area contributed by atoms with Crippen molar-refractivity contribution >= 4 is 15.9 Å². The van der Waals surface area contributed by atoms with Crippen LogP contribution in [0.3, 0.4) is 0 Å². The Morgan fingerprint density at radius 2 is 1.95 bits per heavy atom. The van der Waals surface area contributed by atoms with Crippen molar-refractivity contribution in [1.82, 2.24) is 5.32 Å². The lowest BCUT2D eigenvalue weighted by atomic mass is 9.86. The first-order valence-corrected chi connectivity index (χ1v) is 8.70. The van der Waals surface area contributed by atoms with Crippen molar-refractivity contribution in [2.24, 2.45) is 5.92 Å². The highest BCUT2D eigenvalue weighted by molar-refractivity contribution is 9.10. The van der Waals surface area contributed by atoms with Crippen molar-refractivity contribution < 1.29 is 4.74 Å². The van der Waals surface area contributed by atoms with E-state index in [4.69, 9.17) is 4.74 Å². The van der Waals surface area contributed by atoms with E-state index >= 15 is 0 Å². The summed E-state index contributed by atoms with van der Waals surface area (Å²) in [6, 6.07) is 7.60. The summed E-state index contributed by atoms with van der Waals surface area (Å²) >= 11 is 3.54. The lowest BCUT2D eigenvalue weighted by molar-refractivity contribution is 0.280. The first-order valence-electron chi connectivity index (χ1n) is 7.90. The minimum atomic E-state index is 0.457. The van der Waals surface area contributed by atoms with E-state index in [1.807, 2.05) is 0 Å². The van der Waals surface area contributed by atoms with Crippen LogP contribution in [0.2, 0.25) is 0 Å². The molecule has 1 unspecified atom stereocenters. The summed E-state index contributed by atoms with van der Waals surface area (Å²) < 4.78 is 7.00. The summed E-state index contributed by atoms with van der Waals surface area (Å²) in [5.74, 6) is 1.97. The summed E-state index contributed by atoms with van der Waals surface area (Å²) in [7, 11) is 0. The van der Waals surface area contributed by atoms with Crippen LogP contribution >= 0.6 is 15.9 Å². The Labute approximate surface area is 130 Å². The maximum absolute atomic E-state index is 5.90. The molecule has 0 saturated heterocycles.